The number of nitrogens with zero attached hydrogens (tertiary/aromatic N) is 2. The highest BCUT2D eigenvalue weighted by Gasteiger charge is 2.20. The van der Waals surface area contributed by atoms with Crippen LogP contribution in [0.25, 0.3) is 33.5 Å². The van der Waals surface area contributed by atoms with Crippen LogP contribution >= 0.6 is 15.9 Å². The third-order valence-electron chi connectivity index (χ3n) is 6.31. The van der Waals surface area contributed by atoms with Gasteiger partial charge in [0.15, 0.2) is 6.10 Å². The highest BCUT2D eigenvalue weighted by molar-refractivity contribution is 9.10. The Morgan fingerprint density at radius 3 is 1.85 bits per heavy atom. The van der Waals surface area contributed by atoms with Gasteiger partial charge in [-0.1, -0.05) is 75.6 Å². The van der Waals surface area contributed by atoms with E-state index in [0.29, 0.717) is 16.7 Å². The molecule has 0 aliphatic carbocycles. The number of aryl methyl sites for hydroxylation is 2. The summed E-state index contributed by atoms with van der Waals surface area (Å²) in [5.74, 6) is -1.03. The van der Waals surface area contributed by atoms with Gasteiger partial charge in [-0.05, 0) is 63.2 Å². The maximum absolute atomic E-state index is 13.0. The van der Waals surface area contributed by atoms with Crippen LogP contribution in [0.2, 0.25) is 0 Å². The maximum atomic E-state index is 13.0. The molecule has 5 aromatic rings. The van der Waals surface area contributed by atoms with E-state index in [2.05, 4.69) is 21.2 Å². The SMILES string of the molecule is Cc1ccc(-c2nc3ccc(C(=O)OC(C)C(=O)Nc4ccc(Br)cc4)cc3nc2-c2ccc(C)cc2)cc1. The van der Waals surface area contributed by atoms with Crippen LogP contribution < -0.4 is 5.32 Å². The second kappa shape index (κ2) is 11.2. The molecular weight excluding hydrogens is 554 g/mol. The van der Waals surface area contributed by atoms with Gasteiger partial charge in [0.05, 0.1) is 28.0 Å². The van der Waals surface area contributed by atoms with E-state index in [-0.39, 0.29) is 5.56 Å². The average molecular weight is 580 g/mol. The Bertz CT molecular complexity index is 1670. The Labute approximate surface area is 235 Å². The number of anilines is 1. The molecular formula is C32H26BrN3O3. The van der Waals surface area contributed by atoms with Gasteiger partial charge in [-0.2, -0.15) is 0 Å². The number of fused-ring (bicyclic) bond motifs is 1. The molecule has 1 amide bonds. The molecule has 39 heavy (non-hydrogen) atoms. The van der Waals surface area contributed by atoms with Crippen molar-refractivity contribution in [1.82, 2.24) is 9.97 Å². The molecule has 0 radical (unpaired) electrons. The summed E-state index contributed by atoms with van der Waals surface area (Å²) in [4.78, 5) is 35.4. The molecule has 0 aliphatic rings. The molecule has 0 aliphatic heterocycles. The fourth-order valence-electron chi connectivity index (χ4n) is 4.07. The Kier molecular flexibility index (Phi) is 7.52. The molecule has 1 N–H and O–H groups in total. The molecule has 1 heterocycles. The van der Waals surface area contributed by atoms with Crippen LogP contribution in [0.4, 0.5) is 5.69 Å². The van der Waals surface area contributed by atoms with Crippen molar-refractivity contribution in [2.45, 2.75) is 26.9 Å². The highest BCUT2D eigenvalue weighted by Crippen LogP contribution is 2.31. The standard InChI is InChI=1S/C32H26BrN3O3/c1-19-4-8-22(9-5-19)29-30(23-10-6-20(2)7-11-23)36-28-18-24(12-17-27(28)35-29)32(38)39-21(3)31(37)34-26-15-13-25(33)14-16-26/h4-18,21H,1-3H3,(H,34,37). The fraction of sp³-hybridized carbons (Fsp3) is 0.125. The van der Waals surface area contributed by atoms with Crippen molar-refractivity contribution >= 4 is 44.5 Å². The third-order valence-corrected chi connectivity index (χ3v) is 6.84. The molecule has 5 rings (SSSR count). The highest BCUT2D eigenvalue weighted by atomic mass is 79.9. The number of hydrogen-bond acceptors (Lipinski definition) is 5. The van der Waals surface area contributed by atoms with Gasteiger partial charge in [-0.3, -0.25) is 4.79 Å². The number of rotatable bonds is 6. The molecule has 1 aromatic heterocycles. The van der Waals surface area contributed by atoms with E-state index < -0.39 is 18.0 Å². The summed E-state index contributed by atoms with van der Waals surface area (Å²) >= 11 is 3.36. The monoisotopic (exact) mass is 579 g/mol. The second-order valence-corrected chi connectivity index (χ2v) is 10.3. The van der Waals surface area contributed by atoms with Crippen molar-refractivity contribution in [2.24, 2.45) is 0 Å². The normalized spacial score (nSPS) is 11.7. The lowest BCUT2D eigenvalue weighted by Gasteiger charge is -2.14. The molecule has 0 bridgehead atoms. The minimum Gasteiger partial charge on any atom is -0.449 e. The summed E-state index contributed by atoms with van der Waals surface area (Å²) in [6.07, 6.45) is -0.991. The molecule has 1 unspecified atom stereocenters. The summed E-state index contributed by atoms with van der Waals surface area (Å²) in [6, 6.07) is 28.5. The first-order valence-corrected chi connectivity index (χ1v) is 13.3. The van der Waals surface area contributed by atoms with Crippen LogP contribution in [0.1, 0.15) is 28.4 Å². The number of carbonyl (C=O) groups excluding carboxylic acids is 2. The van der Waals surface area contributed by atoms with Crippen LogP contribution in [-0.4, -0.2) is 27.9 Å². The number of carbonyl (C=O) groups is 2. The largest absolute Gasteiger partial charge is 0.449 e. The van der Waals surface area contributed by atoms with E-state index in [4.69, 9.17) is 14.7 Å². The van der Waals surface area contributed by atoms with Gasteiger partial charge in [0.2, 0.25) is 0 Å². The molecule has 0 fully saturated rings. The number of benzene rings is 4. The van der Waals surface area contributed by atoms with Gasteiger partial charge in [0.25, 0.3) is 5.91 Å². The molecule has 0 spiro atoms. The molecule has 0 saturated heterocycles. The molecule has 6 nitrogen and oxygen atoms in total. The van der Waals surface area contributed by atoms with E-state index >= 15 is 0 Å². The van der Waals surface area contributed by atoms with Gasteiger partial charge in [-0.25, -0.2) is 14.8 Å². The summed E-state index contributed by atoms with van der Waals surface area (Å²) in [6.45, 7) is 5.62. The number of ether oxygens (including phenoxy) is 1. The number of nitrogens with one attached hydrogen (secondary N) is 1. The predicted octanol–water partition coefficient (Wildman–Crippen LogP) is 7.53. The minimum atomic E-state index is -0.991. The first-order chi connectivity index (χ1) is 18.8. The number of hydrogen-bond donors (Lipinski definition) is 1. The van der Waals surface area contributed by atoms with Crippen molar-refractivity contribution in [3.05, 3.63) is 112 Å². The lowest BCUT2D eigenvalue weighted by atomic mass is 10.0. The molecule has 7 heteroatoms. The number of halogens is 1. The number of amides is 1. The van der Waals surface area contributed by atoms with Crippen LogP contribution in [-0.2, 0) is 9.53 Å². The Balaban J connectivity index is 1.44. The summed E-state index contributed by atoms with van der Waals surface area (Å²) in [5.41, 5.74) is 7.79. The molecule has 194 valence electrons. The zero-order valence-electron chi connectivity index (χ0n) is 21.7. The van der Waals surface area contributed by atoms with Crippen LogP contribution in [0.15, 0.2) is 95.5 Å². The summed E-state index contributed by atoms with van der Waals surface area (Å²) < 4.78 is 6.37. The first kappa shape index (κ1) is 26.3. The van der Waals surface area contributed by atoms with Crippen LogP contribution in [0.5, 0.6) is 0 Å². The third kappa shape index (κ3) is 6.04. The van der Waals surface area contributed by atoms with Crippen molar-refractivity contribution in [3.8, 4) is 22.5 Å². The number of aromatic nitrogens is 2. The molecule has 1 atom stereocenters. The maximum Gasteiger partial charge on any atom is 0.338 e. The topological polar surface area (TPSA) is 81.2 Å². The van der Waals surface area contributed by atoms with Gasteiger partial charge in [0.1, 0.15) is 0 Å². The number of esters is 1. The average Bonchev–Trinajstić information content (AvgIpc) is 2.94. The Morgan fingerprint density at radius 1 is 0.744 bits per heavy atom. The van der Waals surface area contributed by atoms with Gasteiger partial charge < -0.3 is 10.1 Å². The smallest absolute Gasteiger partial charge is 0.338 e. The minimum absolute atomic E-state index is 0.290. The lowest BCUT2D eigenvalue weighted by Crippen LogP contribution is -2.30. The first-order valence-electron chi connectivity index (χ1n) is 12.5. The molecule has 4 aromatic carbocycles. The zero-order valence-corrected chi connectivity index (χ0v) is 23.3. The molecule has 0 saturated carbocycles. The van der Waals surface area contributed by atoms with Gasteiger partial charge in [0, 0.05) is 21.3 Å². The summed E-state index contributed by atoms with van der Waals surface area (Å²) in [7, 11) is 0. The summed E-state index contributed by atoms with van der Waals surface area (Å²) in [5, 5.41) is 2.75. The van der Waals surface area contributed by atoms with Gasteiger partial charge in [-0.15, -0.1) is 0 Å². The van der Waals surface area contributed by atoms with E-state index in [1.807, 2.05) is 74.5 Å². The van der Waals surface area contributed by atoms with Crippen molar-refractivity contribution in [2.75, 3.05) is 5.32 Å². The van der Waals surface area contributed by atoms with Crippen LogP contribution in [0.3, 0.4) is 0 Å². The quantitative estimate of drug-likeness (QED) is 0.210. The Hall–Kier alpha value is -4.36. The van der Waals surface area contributed by atoms with E-state index in [1.54, 1.807) is 30.3 Å². The van der Waals surface area contributed by atoms with E-state index in [0.717, 1.165) is 38.1 Å². The van der Waals surface area contributed by atoms with E-state index in [1.165, 1.54) is 6.92 Å². The Morgan fingerprint density at radius 2 is 1.28 bits per heavy atom. The van der Waals surface area contributed by atoms with Gasteiger partial charge >= 0.3 is 5.97 Å². The predicted molar refractivity (Wildman–Crippen MR) is 158 cm³/mol. The van der Waals surface area contributed by atoms with E-state index in [9.17, 15) is 9.59 Å². The van der Waals surface area contributed by atoms with Crippen molar-refractivity contribution in [1.29, 1.82) is 0 Å². The zero-order chi connectivity index (χ0) is 27.5. The van der Waals surface area contributed by atoms with Crippen molar-refractivity contribution < 1.29 is 14.3 Å². The van der Waals surface area contributed by atoms with Crippen LogP contribution in [0, 0.1) is 13.8 Å². The second-order valence-electron chi connectivity index (χ2n) is 9.40. The van der Waals surface area contributed by atoms with Crippen molar-refractivity contribution in [3.63, 3.8) is 0 Å². The fourth-order valence-corrected chi connectivity index (χ4v) is 4.33. The lowest BCUT2D eigenvalue weighted by molar-refractivity contribution is -0.123.